The number of rotatable bonds is 2. The highest BCUT2D eigenvalue weighted by molar-refractivity contribution is 5.10. The highest BCUT2D eigenvalue weighted by Crippen LogP contribution is 2.25. The maximum Gasteiger partial charge on any atom is 0.184 e. The smallest absolute Gasteiger partial charge is 0.184 e. The summed E-state index contributed by atoms with van der Waals surface area (Å²) in [6.07, 6.45) is -7.16. The molecule has 1 aliphatic rings. The van der Waals surface area contributed by atoms with Gasteiger partial charge in [-0.2, -0.15) is 0 Å². The Morgan fingerprint density at radius 1 is 1.13 bits per heavy atom. The van der Waals surface area contributed by atoms with Gasteiger partial charge in [-0.3, -0.25) is 0 Å². The number of aliphatic hydroxyl groups is 5. The second-order valence-corrected chi connectivity index (χ2v) is 3.80. The lowest BCUT2D eigenvalue weighted by Crippen LogP contribution is -2.40. The van der Waals surface area contributed by atoms with Crippen molar-refractivity contribution in [3.8, 4) is 0 Å². The fourth-order valence-corrected chi connectivity index (χ4v) is 1.40. The number of aliphatic hydroxyl groups excluding tert-OH is 5. The normalized spacial score (nSPS) is 37.7. The Labute approximate surface area is 87.0 Å². The topological polar surface area (TPSA) is 110 Å². The summed E-state index contributed by atoms with van der Waals surface area (Å²) in [5.74, 6) is -0.333. The van der Waals surface area contributed by atoms with Crippen molar-refractivity contribution in [2.24, 2.45) is 0 Å². The number of hydrogen-bond acceptors (Lipinski definition) is 6. The highest BCUT2D eigenvalue weighted by Gasteiger charge is 2.46. The minimum absolute atomic E-state index is 0.333. The van der Waals surface area contributed by atoms with Crippen LogP contribution in [0.1, 0.15) is 13.8 Å². The van der Waals surface area contributed by atoms with E-state index >= 15 is 0 Å². The molecule has 15 heavy (non-hydrogen) atoms. The van der Waals surface area contributed by atoms with Crippen molar-refractivity contribution in [2.45, 2.75) is 44.6 Å². The van der Waals surface area contributed by atoms with E-state index in [1.807, 2.05) is 0 Å². The predicted molar refractivity (Wildman–Crippen MR) is 49.9 cm³/mol. The quantitative estimate of drug-likeness (QED) is 0.367. The molecule has 1 fully saturated rings. The van der Waals surface area contributed by atoms with Gasteiger partial charge in [0.15, 0.2) is 6.29 Å². The van der Waals surface area contributed by atoms with Crippen LogP contribution in [0.4, 0.5) is 0 Å². The molecule has 0 aromatic heterocycles. The van der Waals surface area contributed by atoms with Gasteiger partial charge in [0.2, 0.25) is 0 Å². The van der Waals surface area contributed by atoms with Crippen LogP contribution < -0.4 is 0 Å². The third kappa shape index (κ3) is 2.30. The minimum atomic E-state index is -1.55. The van der Waals surface area contributed by atoms with Crippen LogP contribution in [0.5, 0.6) is 0 Å². The van der Waals surface area contributed by atoms with Gasteiger partial charge in [-0.1, -0.05) is 0 Å². The SMILES string of the molecule is CC(C)=C(O)[C@@H](O)[C@H]1OC(O)[C@H](O)[C@H]1O. The molecule has 0 aliphatic carbocycles. The van der Waals surface area contributed by atoms with Gasteiger partial charge in [-0.25, -0.2) is 0 Å². The molecule has 0 spiro atoms. The third-order valence-corrected chi connectivity index (χ3v) is 2.38. The van der Waals surface area contributed by atoms with Gasteiger partial charge in [0.05, 0.1) is 0 Å². The maximum atomic E-state index is 9.58. The van der Waals surface area contributed by atoms with Crippen molar-refractivity contribution in [1.29, 1.82) is 0 Å². The van der Waals surface area contributed by atoms with Gasteiger partial charge < -0.3 is 30.3 Å². The number of ether oxygens (including phenoxy) is 1. The fourth-order valence-electron chi connectivity index (χ4n) is 1.40. The summed E-state index contributed by atoms with van der Waals surface area (Å²) in [6, 6.07) is 0. The van der Waals surface area contributed by atoms with Gasteiger partial charge in [0.25, 0.3) is 0 Å². The summed E-state index contributed by atoms with van der Waals surface area (Å²) in [6.45, 7) is 3.15. The average molecular weight is 220 g/mol. The molecule has 0 bridgehead atoms. The van der Waals surface area contributed by atoms with E-state index in [4.69, 9.17) is 9.84 Å². The molecule has 0 radical (unpaired) electrons. The van der Waals surface area contributed by atoms with Crippen molar-refractivity contribution in [3.05, 3.63) is 11.3 Å². The van der Waals surface area contributed by atoms with Crippen LogP contribution in [0.25, 0.3) is 0 Å². The third-order valence-electron chi connectivity index (χ3n) is 2.38. The monoisotopic (exact) mass is 220 g/mol. The number of hydrogen-bond donors (Lipinski definition) is 5. The Morgan fingerprint density at radius 2 is 1.67 bits per heavy atom. The van der Waals surface area contributed by atoms with Crippen LogP contribution in [-0.4, -0.2) is 56.2 Å². The molecule has 1 unspecified atom stereocenters. The van der Waals surface area contributed by atoms with E-state index in [0.29, 0.717) is 5.57 Å². The van der Waals surface area contributed by atoms with Crippen molar-refractivity contribution >= 4 is 0 Å². The van der Waals surface area contributed by atoms with Crippen LogP contribution in [0.3, 0.4) is 0 Å². The lowest BCUT2D eigenvalue weighted by Gasteiger charge is -2.20. The molecule has 0 amide bonds. The Kier molecular flexibility index (Phi) is 3.69. The standard InChI is InChI=1S/C9H16O6/c1-3(2)4(10)5(11)8-6(12)7(13)9(14)15-8/h5-14H,1-2H3/t5-,6-,7-,8-,9?/m1/s1. The summed E-state index contributed by atoms with van der Waals surface area (Å²) in [4.78, 5) is 0. The summed E-state index contributed by atoms with van der Waals surface area (Å²) < 4.78 is 4.73. The molecular weight excluding hydrogens is 204 g/mol. The minimum Gasteiger partial charge on any atom is -0.510 e. The van der Waals surface area contributed by atoms with E-state index < -0.39 is 30.7 Å². The van der Waals surface area contributed by atoms with Crippen LogP contribution in [0.2, 0.25) is 0 Å². The maximum absolute atomic E-state index is 9.58. The summed E-state index contributed by atoms with van der Waals surface area (Å²) >= 11 is 0. The Morgan fingerprint density at radius 3 is 2.00 bits per heavy atom. The molecule has 5 N–H and O–H groups in total. The van der Waals surface area contributed by atoms with Crippen LogP contribution in [0, 0.1) is 0 Å². The van der Waals surface area contributed by atoms with Gasteiger partial charge in [-0.05, 0) is 19.4 Å². The molecule has 0 saturated carbocycles. The molecule has 5 atom stereocenters. The molecule has 1 heterocycles. The van der Waals surface area contributed by atoms with Gasteiger partial charge in [-0.15, -0.1) is 0 Å². The molecule has 6 heteroatoms. The zero-order valence-electron chi connectivity index (χ0n) is 8.53. The zero-order chi connectivity index (χ0) is 11.7. The van der Waals surface area contributed by atoms with Crippen molar-refractivity contribution < 1.29 is 30.3 Å². The first-order valence-electron chi connectivity index (χ1n) is 4.60. The average Bonchev–Trinajstić information content (AvgIpc) is 2.43. The van der Waals surface area contributed by atoms with E-state index in [1.165, 1.54) is 0 Å². The molecule has 0 aromatic carbocycles. The van der Waals surface area contributed by atoms with Gasteiger partial charge >= 0.3 is 0 Å². The van der Waals surface area contributed by atoms with E-state index in [1.54, 1.807) is 13.8 Å². The van der Waals surface area contributed by atoms with E-state index in [2.05, 4.69) is 0 Å². The number of allylic oxidation sites excluding steroid dienone is 1. The molecule has 88 valence electrons. The Hall–Kier alpha value is -0.660. The Balaban J connectivity index is 2.78. The summed E-state index contributed by atoms with van der Waals surface area (Å²) in [7, 11) is 0. The Bertz CT molecular complexity index is 259. The van der Waals surface area contributed by atoms with E-state index in [0.717, 1.165) is 0 Å². The molecule has 1 rings (SSSR count). The van der Waals surface area contributed by atoms with Crippen molar-refractivity contribution in [3.63, 3.8) is 0 Å². The molecular formula is C9H16O6. The largest absolute Gasteiger partial charge is 0.510 e. The highest BCUT2D eigenvalue weighted by atomic mass is 16.6. The fraction of sp³-hybridized carbons (Fsp3) is 0.778. The molecule has 6 nitrogen and oxygen atoms in total. The summed E-state index contributed by atoms with van der Waals surface area (Å²) in [5.41, 5.74) is 0.467. The van der Waals surface area contributed by atoms with E-state index in [-0.39, 0.29) is 5.76 Å². The van der Waals surface area contributed by atoms with Crippen molar-refractivity contribution in [2.75, 3.05) is 0 Å². The first kappa shape index (κ1) is 12.4. The van der Waals surface area contributed by atoms with Gasteiger partial charge in [0, 0.05) is 0 Å². The second-order valence-electron chi connectivity index (χ2n) is 3.80. The van der Waals surface area contributed by atoms with Crippen LogP contribution in [0.15, 0.2) is 11.3 Å². The van der Waals surface area contributed by atoms with Crippen LogP contribution >= 0.6 is 0 Å². The molecule has 0 aromatic rings. The lowest BCUT2D eigenvalue weighted by molar-refractivity contribution is -0.144. The zero-order valence-corrected chi connectivity index (χ0v) is 8.53. The molecule has 1 aliphatic heterocycles. The van der Waals surface area contributed by atoms with Crippen molar-refractivity contribution in [1.82, 2.24) is 0 Å². The lowest BCUT2D eigenvalue weighted by atomic mass is 10.0. The van der Waals surface area contributed by atoms with Crippen LogP contribution in [-0.2, 0) is 4.74 Å². The first-order chi connectivity index (χ1) is 6.86. The first-order valence-corrected chi connectivity index (χ1v) is 4.60. The van der Waals surface area contributed by atoms with Gasteiger partial charge in [0.1, 0.15) is 30.2 Å². The molecule has 1 saturated heterocycles. The predicted octanol–water partition coefficient (Wildman–Crippen LogP) is -1.36. The van der Waals surface area contributed by atoms with E-state index in [9.17, 15) is 20.4 Å². The summed E-state index contributed by atoms with van der Waals surface area (Å²) in [5, 5.41) is 46.6. The second kappa shape index (κ2) is 4.46.